The first kappa shape index (κ1) is 28.8. The second-order valence-corrected chi connectivity index (χ2v) is 10.0. The summed E-state index contributed by atoms with van der Waals surface area (Å²) in [7, 11) is 1.46. The lowest BCUT2D eigenvalue weighted by atomic mass is 9.87. The molecule has 1 aliphatic rings. The molecule has 0 aliphatic carbocycles. The van der Waals surface area contributed by atoms with Crippen LogP contribution < -0.4 is 10.1 Å². The van der Waals surface area contributed by atoms with Crippen LogP contribution in [0.1, 0.15) is 53.3 Å². The molecule has 0 saturated heterocycles. The van der Waals surface area contributed by atoms with Crippen molar-refractivity contribution in [1.29, 1.82) is 0 Å². The summed E-state index contributed by atoms with van der Waals surface area (Å²) in [5, 5.41) is 3.37. The summed E-state index contributed by atoms with van der Waals surface area (Å²) < 4.78 is 97.7. The Kier molecular flexibility index (Phi) is 7.91. The molecule has 3 aromatic carbocycles. The predicted molar refractivity (Wildman–Crippen MR) is 134 cm³/mol. The monoisotopic (exact) mass is 553 g/mol. The van der Waals surface area contributed by atoms with Crippen molar-refractivity contribution in [3.8, 4) is 5.75 Å². The zero-order valence-corrected chi connectivity index (χ0v) is 21.8. The van der Waals surface area contributed by atoms with Gasteiger partial charge in [0.2, 0.25) is 0 Å². The Hall–Kier alpha value is -3.24. The van der Waals surface area contributed by atoms with Crippen molar-refractivity contribution in [3.63, 3.8) is 0 Å². The third kappa shape index (κ3) is 6.50. The summed E-state index contributed by atoms with van der Waals surface area (Å²) in [5.41, 5.74) is -0.358. The van der Waals surface area contributed by atoms with E-state index in [1.165, 1.54) is 7.11 Å². The highest BCUT2D eigenvalue weighted by Crippen LogP contribution is 2.45. The van der Waals surface area contributed by atoms with Gasteiger partial charge >= 0.3 is 12.4 Å². The molecular formula is C29H29F6NO3. The van der Waals surface area contributed by atoms with Crippen molar-refractivity contribution >= 4 is 5.69 Å². The first-order valence-corrected chi connectivity index (χ1v) is 12.2. The highest BCUT2D eigenvalue weighted by molar-refractivity contribution is 5.54. The quantitative estimate of drug-likeness (QED) is 0.300. The number of anilines is 1. The summed E-state index contributed by atoms with van der Waals surface area (Å²) >= 11 is 0. The lowest BCUT2D eigenvalue weighted by Gasteiger charge is -2.44. The van der Waals surface area contributed by atoms with Gasteiger partial charge in [-0.15, -0.1) is 0 Å². The first-order valence-electron chi connectivity index (χ1n) is 12.2. The van der Waals surface area contributed by atoms with Gasteiger partial charge in [-0.2, -0.15) is 26.3 Å². The van der Waals surface area contributed by atoms with E-state index in [1.54, 1.807) is 19.9 Å². The Morgan fingerprint density at radius 2 is 1.54 bits per heavy atom. The first-order chi connectivity index (χ1) is 18.2. The molecular weight excluding hydrogens is 524 g/mol. The number of halogens is 6. The van der Waals surface area contributed by atoms with Crippen molar-refractivity contribution in [2.24, 2.45) is 0 Å². The van der Waals surface area contributed by atoms with Gasteiger partial charge in [0.05, 0.1) is 17.7 Å². The van der Waals surface area contributed by atoms with Gasteiger partial charge in [0.15, 0.2) is 0 Å². The number of fused-ring (bicyclic) bond motifs is 1. The summed E-state index contributed by atoms with van der Waals surface area (Å²) in [6.07, 6.45) is -11.4. The van der Waals surface area contributed by atoms with Gasteiger partial charge in [0.1, 0.15) is 23.6 Å². The van der Waals surface area contributed by atoms with Gasteiger partial charge in [-0.1, -0.05) is 24.3 Å². The molecule has 210 valence electrons. The normalized spacial score (nSPS) is 18.8. The van der Waals surface area contributed by atoms with Gasteiger partial charge in [-0.05, 0) is 73.9 Å². The number of nitrogens with one attached hydrogen (secondary N) is 1. The molecule has 10 heteroatoms. The maximum absolute atomic E-state index is 13.3. The van der Waals surface area contributed by atoms with Crippen molar-refractivity contribution in [3.05, 3.63) is 94.0 Å². The maximum atomic E-state index is 13.3. The third-order valence-corrected chi connectivity index (χ3v) is 6.72. The second-order valence-electron chi connectivity index (χ2n) is 10.0. The summed E-state index contributed by atoms with van der Waals surface area (Å²) in [4.78, 5) is 0. The number of rotatable bonds is 7. The Bertz CT molecular complexity index is 1290. The standard InChI is InChI=1S/C29H29F6NO3/c1-17-7-5-6-8-19(17)15-36-22-9-10-24-23(14-22)25(37-4)26(27(2,3)39-24)38-16-18-11-20(28(30,31)32)13-21(12-18)29(33,34)35/h5-14,25-26,36H,15-16H2,1-4H3. The molecule has 0 saturated carbocycles. The van der Waals surface area contributed by atoms with Gasteiger partial charge in [0.25, 0.3) is 0 Å². The fourth-order valence-electron chi connectivity index (χ4n) is 4.68. The molecule has 0 fully saturated rings. The molecule has 39 heavy (non-hydrogen) atoms. The van der Waals surface area contributed by atoms with Crippen LogP contribution in [0.2, 0.25) is 0 Å². The molecule has 0 amide bonds. The van der Waals surface area contributed by atoms with E-state index in [0.29, 0.717) is 30.0 Å². The molecule has 3 aromatic rings. The lowest BCUT2D eigenvalue weighted by Crippen LogP contribution is -2.50. The average Bonchev–Trinajstić information content (AvgIpc) is 2.85. The molecule has 0 aromatic heterocycles. The minimum Gasteiger partial charge on any atom is -0.485 e. The average molecular weight is 554 g/mol. The van der Waals surface area contributed by atoms with Crippen LogP contribution in [0.3, 0.4) is 0 Å². The molecule has 1 N–H and O–H groups in total. The molecule has 0 bridgehead atoms. The number of benzene rings is 3. The summed E-state index contributed by atoms with van der Waals surface area (Å²) in [5.74, 6) is 0.548. The van der Waals surface area contributed by atoms with Crippen molar-refractivity contribution in [2.75, 3.05) is 12.4 Å². The van der Waals surface area contributed by atoms with Crippen LogP contribution in [0.15, 0.2) is 60.7 Å². The molecule has 0 spiro atoms. The summed E-state index contributed by atoms with van der Waals surface area (Å²) in [6, 6.07) is 14.9. The molecule has 1 heterocycles. The minimum absolute atomic E-state index is 0.0941. The van der Waals surface area contributed by atoms with Crippen LogP contribution in [0, 0.1) is 6.92 Å². The number of hydrogen-bond donors (Lipinski definition) is 1. The Labute approximate surface area is 222 Å². The topological polar surface area (TPSA) is 39.7 Å². The Morgan fingerprint density at radius 1 is 0.897 bits per heavy atom. The fraction of sp³-hybridized carbons (Fsp3) is 0.379. The molecule has 0 radical (unpaired) electrons. The molecule has 2 unspecified atom stereocenters. The number of hydrogen-bond acceptors (Lipinski definition) is 4. The van der Waals surface area contributed by atoms with Crippen LogP contribution in [0.4, 0.5) is 32.0 Å². The van der Waals surface area contributed by atoms with E-state index in [2.05, 4.69) is 5.32 Å². The van der Waals surface area contributed by atoms with Crippen molar-refractivity contribution in [1.82, 2.24) is 0 Å². The van der Waals surface area contributed by atoms with E-state index in [1.807, 2.05) is 43.3 Å². The van der Waals surface area contributed by atoms with E-state index < -0.39 is 47.9 Å². The van der Waals surface area contributed by atoms with E-state index in [4.69, 9.17) is 14.2 Å². The smallest absolute Gasteiger partial charge is 0.416 e. The highest BCUT2D eigenvalue weighted by atomic mass is 19.4. The maximum Gasteiger partial charge on any atom is 0.416 e. The molecule has 4 rings (SSSR count). The van der Waals surface area contributed by atoms with Crippen LogP contribution in [0.5, 0.6) is 5.75 Å². The fourth-order valence-corrected chi connectivity index (χ4v) is 4.68. The zero-order valence-electron chi connectivity index (χ0n) is 21.8. The van der Waals surface area contributed by atoms with Crippen molar-refractivity contribution in [2.45, 2.75) is 64.1 Å². The number of methoxy groups -OCH3 is 1. The van der Waals surface area contributed by atoms with Gasteiger partial charge < -0.3 is 19.5 Å². The summed E-state index contributed by atoms with van der Waals surface area (Å²) in [6.45, 7) is 5.54. The van der Waals surface area contributed by atoms with Gasteiger partial charge in [0, 0.05) is 24.9 Å². The van der Waals surface area contributed by atoms with E-state index in [9.17, 15) is 26.3 Å². The predicted octanol–water partition coefficient (Wildman–Crippen LogP) is 8.09. The molecule has 2 atom stereocenters. The number of aryl methyl sites for hydroxylation is 1. The van der Waals surface area contributed by atoms with Gasteiger partial charge in [-0.25, -0.2) is 0 Å². The van der Waals surface area contributed by atoms with Gasteiger partial charge in [-0.3, -0.25) is 0 Å². The molecule has 1 aliphatic heterocycles. The Balaban J connectivity index is 1.59. The van der Waals surface area contributed by atoms with Crippen LogP contribution in [-0.2, 0) is 35.0 Å². The third-order valence-electron chi connectivity index (χ3n) is 6.72. The van der Waals surface area contributed by atoms with E-state index >= 15 is 0 Å². The second kappa shape index (κ2) is 10.7. The van der Waals surface area contributed by atoms with Crippen LogP contribution in [0.25, 0.3) is 0 Å². The zero-order chi connectivity index (χ0) is 28.6. The van der Waals surface area contributed by atoms with E-state index in [-0.39, 0.29) is 11.6 Å². The minimum atomic E-state index is -4.95. The van der Waals surface area contributed by atoms with E-state index in [0.717, 1.165) is 16.8 Å². The molecule has 4 nitrogen and oxygen atoms in total. The number of alkyl halides is 6. The van der Waals surface area contributed by atoms with Crippen molar-refractivity contribution < 1.29 is 40.6 Å². The van der Waals surface area contributed by atoms with Crippen LogP contribution in [-0.4, -0.2) is 18.8 Å². The SMILES string of the molecule is COC1c2cc(NCc3ccccc3C)ccc2OC(C)(C)C1OCc1cc(C(F)(F)F)cc(C(F)(F)F)c1. The largest absolute Gasteiger partial charge is 0.485 e. The lowest BCUT2D eigenvalue weighted by molar-refractivity contribution is -0.159. The Morgan fingerprint density at radius 3 is 2.13 bits per heavy atom. The highest BCUT2D eigenvalue weighted by Gasteiger charge is 2.45. The number of ether oxygens (including phenoxy) is 3. The van der Waals surface area contributed by atoms with Crippen LogP contribution >= 0.6 is 0 Å².